The second-order valence-corrected chi connectivity index (χ2v) is 2.47. The summed E-state index contributed by atoms with van der Waals surface area (Å²) in [6.07, 6.45) is 1.16. The molecule has 0 aliphatic rings. The number of ether oxygens (including phenoxy) is 1. The van der Waals surface area contributed by atoms with Crippen molar-refractivity contribution in [1.29, 1.82) is 0 Å². The normalized spacial score (nSPS) is 12.9. The summed E-state index contributed by atoms with van der Waals surface area (Å²) in [6.45, 7) is 5.06. The highest BCUT2D eigenvalue weighted by molar-refractivity contribution is 5.31. The Kier molecular flexibility index (Phi) is 6.66. The van der Waals surface area contributed by atoms with Gasteiger partial charge in [0.1, 0.15) is 18.2 Å². The topological polar surface area (TPSA) is 29.5 Å². The summed E-state index contributed by atoms with van der Waals surface area (Å²) < 4.78 is 29.7. The van der Waals surface area contributed by atoms with E-state index in [-0.39, 0.29) is 30.9 Å². The zero-order chi connectivity index (χ0) is 11.0. The molecule has 0 saturated carbocycles. The van der Waals surface area contributed by atoms with Crippen LogP contribution in [0.25, 0.3) is 0 Å². The molecule has 0 heterocycles. The Hall–Kier alpha value is -1.16. The van der Waals surface area contributed by atoms with Crippen molar-refractivity contribution in [2.45, 2.75) is 13.3 Å². The molecule has 0 aromatic carbocycles. The summed E-state index contributed by atoms with van der Waals surface area (Å²) in [5.74, 6) is -0.588. The largest absolute Gasteiger partial charge is 0.491 e. The molecule has 0 aromatic rings. The quantitative estimate of drug-likeness (QED) is 0.532. The zero-order valence-electron chi connectivity index (χ0n) is 8.09. The fourth-order valence-electron chi connectivity index (χ4n) is 0.911. The van der Waals surface area contributed by atoms with Gasteiger partial charge < -0.3 is 9.84 Å². The van der Waals surface area contributed by atoms with Gasteiger partial charge >= 0.3 is 0 Å². The van der Waals surface area contributed by atoms with Crippen LogP contribution in [-0.4, -0.2) is 18.3 Å². The second kappa shape index (κ2) is 7.26. The monoisotopic (exact) mass is 204 g/mol. The third-order valence-corrected chi connectivity index (χ3v) is 1.56. The highest BCUT2D eigenvalue weighted by Gasteiger charge is 2.07. The van der Waals surface area contributed by atoms with Crippen molar-refractivity contribution >= 4 is 0 Å². The molecule has 14 heavy (non-hydrogen) atoms. The fourth-order valence-corrected chi connectivity index (χ4v) is 0.911. The Morgan fingerprint density at radius 3 is 2.64 bits per heavy atom. The van der Waals surface area contributed by atoms with Crippen molar-refractivity contribution in [2.24, 2.45) is 0 Å². The van der Waals surface area contributed by atoms with E-state index in [1.807, 2.05) is 0 Å². The van der Waals surface area contributed by atoms with E-state index in [0.29, 0.717) is 12.5 Å². The lowest BCUT2D eigenvalue weighted by Gasteiger charge is -2.10. The maximum atomic E-state index is 13.1. The van der Waals surface area contributed by atoms with Crippen molar-refractivity contribution in [2.75, 3.05) is 13.2 Å². The van der Waals surface area contributed by atoms with Crippen LogP contribution in [0.4, 0.5) is 8.78 Å². The molecule has 0 saturated heterocycles. The number of aliphatic hydroxyl groups is 1. The van der Waals surface area contributed by atoms with Gasteiger partial charge in [0, 0.05) is 11.6 Å². The summed E-state index contributed by atoms with van der Waals surface area (Å²) >= 11 is 0. The van der Waals surface area contributed by atoms with Gasteiger partial charge in [0.2, 0.25) is 0 Å². The van der Waals surface area contributed by atoms with E-state index in [1.54, 1.807) is 6.92 Å². The van der Waals surface area contributed by atoms with Gasteiger partial charge in [-0.25, -0.2) is 8.78 Å². The highest BCUT2D eigenvalue weighted by Crippen LogP contribution is 2.20. The smallest absolute Gasteiger partial charge is 0.132 e. The lowest BCUT2D eigenvalue weighted by Crippen LogP contribution is -2.01. The van der Waals surface area contributed by atoms with E-state index in [1.165, 1.54) is 0 Å². The van der Waals surface area contributed by atoms with Crippen LogP contribution in [0.1, 0.15) is 13.3 Å². The van der Waals surface area contributed by atoms with Crippen molar-refractivity contribution in [3.63, 3.8) is 0 Å². The van der Waals surface area contributed by atoms with Crippen molar-refractivity contribution in [3.05, 3.63) is 36.1 Å². The van der Waals surface area contributed by atoms with Crippen LogP contribution in [0.3, 0.4) is 0 Å². The maximum Gasteiger partial charge on any atom is 0.132 e. The minimum atomic E-state index is -0.710. The van der Waals surface area contributed by atoms with E-state index in [2.05, 4.69) is 6.58 Å². The lowest BCUT2D eigenvalue weighted by atomic mass is 10.1. The first-order valence-electron chi connectivity index (χ1n) is 4.25. The van der Waals surface area contributed by atoms with Crippen molar-refractivity contribution in [3.8, 4) is 0 Å². The van der Waals surface area contributed by atoms with Crippen LogP contribution in [0.15, 0.2) is 36.1 Å². The minimum Gasteiger partial charge on any atom is -0.491 e. The molecule has 2 nitrogen and oxygen atoms in total. The van der Waals surface area contributed by atoms with Gasteiger partial charge in [0.15, 0.2) is 0 Å². The molecule has 1 N–H and O–H groups in total. The molecule has 0 radical (unpaired) electrons. The molecule has 0 amide bonds. The molecule has 0 aromatic heterocycles. The van der Waals surface area contributed by atoms with E-state index >= 15 is 0 Å². The van der Waals surface area contributed by atoms with Crippen LogP contribution >= 0.6 is 0 Å². The number of aliphatic hydroxyl groups excluding tert-OH is 1. The van der Waals surface area contributed by atoms with Gasteiger partial charge in [-0.1, -0.05) is 13.5 Å². The average Bonchev–Trinajstić information content (AvgIpc) is 2.16. The van der Waals surface area contributed by atoms with Crippen LogP contribution in [0.2, 0.25) is 0 Å². The summed E-state index contributed by atoms with van der Waals surface area (Å²) in [7, 11) is 0. The molecule has 0 fully saturated rings. The first kappa shape index (κ1) is 12.8. The van der Waals surface area contributed by atoms with E-state index in [9.17, 15) is 8.78 Å². The molecule has 0 aliphatic heterocycles. The van der Waals surface area contributed by atoms with E-state index in [0.717, 1.165) is 0 Å². The predicted molar refractivity (Wildman–Crippen MR) is 50.9 cm³/mol. The number of rotatable bonds is 6. The Morgan fingerprint density at radius 2 is 2.21 bits per heavy atom. The average molecular weight is 204 g/mol. The molecular formula is C10H14F2O2. The summed E-state index contributed by atoms with van der Waals surface area (Å²) in [4.78, 5) is 0. The summed E-state index contributed by atoms with van der Waals surface area (Å²) in [6, 6.07) is 0. The standard InChI is InChI=1S/C10H14F2O2/c1-3-9(10(12)4-5-11)8(2)14-7-6-13/h4-5,13H,2-3,6-7H2,1H3/b5-4+,10-9+. The predicted octanol–water partition coefficient (Wildman–Crippen LogP) is 2.63. The molecule has 0 bridgehead atoms. The van der Waals surface area contributed by atoms with Gasteiger partial charge in [0.05, 0.1) is 12.9 Å². The van der Waals surface area contributed by atoms with Crippen molar-refractivity contribution in [1.82, 2.24) is 0 Å². The van der Waals surface area contributed by atoms with Crippen LogP contribution in [-0.2, 0) is 4.74 Å². The van der Waals surface area contributed by atoms with E-state index in [4.69, 9.17) is 9.84 Å². The maximum absolute atomic E-state index is 13.1. The Labute approximate surface area is 82.2 Å². The van der Waals surface area contributed by atoms with Gasteiger partial charge in [-0.15, -0.1) is 0 Å². The summed E-state index contributed by atoms with van der Waals surface area (Å²) in [5, 5.41) is 8.46. The fraction of sp³-hybridized carbons (Fsp3) is 0.400. The van der Waals surface area contributed by atoms with Gasteiger partial charge in [0.25, 0.3) is 0 Å². The van der Waals surface area contributed by atoms with Crippen LogP contribution in [0.5, 0.6) is 0 Å². The molecule has 0 aliphatic carbocycles. The molecule has 80 valence electrons. The number of hydrogen-bond acceptors (Lipinski definition) is 2. The SMILES string of the molecule is C=C(OCCO)/C(CC)=C(F)\C=C\F. The second-order valence-electron chi connectivity index (χ2n) is 2.47. The lowest BCUT2D eigenvalue weighted by molar-refractivity contribution is 0.149. The first-order chi connectivity index (χ1) is 6.67. The third-order valence-electron chi connectivity index (χ3n) is 1.56. The highest BCUT2D eigenvalue weighted by atomic mass is 19.1. The van der Waals surface area contributed by atoms with Gasteiger partial charge in [-0.2, -0.15) is 0 Å². The van der Waals surface area contributed by atoms with Gasteiger partial charge in [-0.3, -0.25) is 0 Å². The molecule has 4 heteroatoms. The zero-order valence-corrected chi connectivity index (χ0v) is 8.09. The van der Waals surface area contributed by atoms with Gasteiger partial charge in [-0.05, 0) is 6.42 Å². The first-order valence-corrected chi connectivity index (χ1v) is 4.25. The van der Waals surface area contributed by atoms with Crippen LogP contribution < -0.4 is 0 Å². The van der Waals surface area contributed by atoms with Crippen molar-refractivity contribution < 1.29 is 18.6 Å². The Bertz CT molecular complexity index is 245. The molecule has 0 spiro atoms. The molecule has 0 unspecified atom stereocenters. The molecule has 0 atom stereocenters. The molecular weight excluding hydrogens is 190 g/mol. The Morgan fingerprint density at radius 1 is 1.57 bits per heavy atom. The summed E-state index contributed by atoms with van der Waals surface area (Å²) in [5.41, 5.74) is 0.201. The Balaban J connectivity index is 4.54. The van der Waals surface area contributed by atoms with Crippen LogP contribution in [0, 0.1) is 0 Å². The third kappa shape index (κ3) is 4.18. The number of allylic oxidation sites excluding steroid dienone is 3. The molecule has 0 rings (SSSR count). The number of halogens is 2. The van der Waals surface area contributed by atoms with E-state index < -0.39 is 5.83 Å². The number of hydrogen-bond donors (Lipinski definition) is 1. The minimum absolute atomic E-state index is 0.0505.